The number of allylic oxidation sites excluding steroid dienone is 1. The lowest BCUT2D eigenvalue weighted by Crippen LogP contribution is -2.10. The highest BCUT2D eigenvalue weighted by atomic mass is 19.1. The molecule has 1 aliphatic rings. The Hall–Kier alpha value is -2.95. The maximum absolute atomic E-state index is 13.8. The maximum atomic E-state index is 13.8. The van der Waals surface area contributed by atoms with Gasteiger partial charge < -0.3 is 9.67 Å². The molecule has 132 valence electrons. The maximum Gasteiger partial charge on any atom is 0.323 e. The Balaban J connectivity index is 1.81. The van der Waals surface area contributed by atoms with Gasteiger partial charge >= 0.3 is 5.97 Å². The zero-order valence-electron chi connectivity index (χ0n) is 14.5. The highest BCUT2D eigenvalue weighted by molar-refractivity contribution is 5.87. The molecule has 0 radical (unpaired) electrons. The van der Waals surface area contributed by atoms with Gasteiger partial charge in [-0.3, -0.25) is 9.78 Å². The molecule has 0 amide bonds. The van der Waals surface area contributed by atoms with Crippen LogP contribution in [-0.2, 0) is 24.2 Å². The van der Waals surface area contributed by atoms with Crippen LogP contribution in [0.5, 0.6) is 0 Å². The first-order valence-corrected chi connectivity index (χ1v) is 8.67. The normalized spacial score (nSPS) is 13.2. The van der Waals surface area contributed by atoms with Crippen molar-refractivity contribution in [3.63, 3.8) is 0 Å². The summed E-state index contributed by atoms with van der Waals surface area (Å²) in [6, 6.07) is 8.56. The number of carboxylic acid groups (broad SMARTS) is 1. The largest absolute Gasteiger partial charge is 0.480 e. The number of pyridine rings is 1. The van der Waals surface area contributed by atoms with Gasteiger partial charge in [0.15, 0.2) is 0 Å². The third kappa shape index (κ3) is 2.90. The molecule has 0 bridgehead atoms. The van der Waals surface area contributed by atoms with E-state index in [9.17, 15) is 14.3 Å². The first kappa shape index (κ1) is 16.5. The van der Waals surface area contributed by atoms with E-state index in [2.05, 4.69) is 18.2 Å². The average molecular weight is 350 g/mol. The number of carboxylic acids is 1. The summed E-state index contributed by atoms with van der Waals surface area (Å²) in [4.78, 5) is 16.0. The first-order chi connectivity index (χ1) is 12.5. The summed E-state index contributed by atoms with van der Waals surface area (Å²) in [5.74, 6) is -1.24. The number of halogens is 1. The Bertz CT molecular complexity index is 1050. The molecule has 2 aromatic heterocycles. The lowest BCUT2D eigenvalue weighted by atomic mass is 10.0. The number of aliphatic carboxylic acids is 1. The second-order valence-electron chi connectivity index (χ2n) is 6.66. The standard InChI is InChI=1S/C21H19FN2O2/c1-13-17(11-16-8-6-14-4-2-3-5-19(14)23-16)18-10-15(22)7-9-20(18)24(13)12-21(25)26/h2,4,6-10H,3,5,11-12H2,1H3,(H,25,26). The smallest absolute Gasteiger partial charge is 0.323 e. The number of carbonyl (C=O) groups is 1. The van der Waals surface area contributed by atoms with Crippen LogP contribution in [0.25, 0.3) is 17.0 Å². The van der Waals surface area contributed by atoms with Crippen molar-refractivity contribution in [2.75, 3.05) is 0 Å². The van der Waals surface area contributed by atoms with E-state index in [-0.39, 0.29) is 12.4 Å². The van der Waals surface area contributed by atoms with Gasteiger partial charge in [-0.1, -0.05) is 18.2 Å². The van der Waals surface area contributed by atoms with Crippen molar-refractivity contribution in [3.8, 4) is 0 Å². The zero-order chi connectivity index (χ0) is 18.3. The molecule has 2 heterocycles. The molecule has 0 atom stereocenters. The predicted octanol–water partition coefficient (Wildman–Crippen LogP) is 4.12. The molecule has 26 heavy (non-hydrogen) atoms. The van der Waals surface area contributed by atoms with Crippen molar-refractivity contribution < 1.29 is 14.3 Å². The number of benzene rings is 1. The van der Waals surface area contributed by atoms with Crippen LogP contribution in [0.15, 0.2) is 36.4 Å². The number of hydrogen-bond acceptors (Lipinski definition) is 2. The molecule has 0 fully saturated rings. The van der Waals surface area contributed by atoms with Crippen molar-refractivity contribution in [2.24, 2.45) is 0 Å². The summed E-state index contributed by atoms with van der Waals surface area (Å²) in [6.45, 7) is 1.74. The predicted molar refractivity (Wildman–Crippen MR) is 98.7 cm³/mol. The number of rotatable bonds is 4. The number of hydrogen-bond donors (Lipinski definition) is 1. The van der Waals surface area contributed by atoms with E-state index in [1.54, 1.807) is 10.6 Å². The summed E-state index contributed by atoms with van der Waals surface area (Å²) >= 11 is 0. The quantitative estimate of drug-likeness (QED) is 0.770. The Labute approximate surface area is 150 Å². The minimum atomic E-state index is -0.917. The second kappa shape index (κ2) is 6.41. The summed E-state index contributed by atoms with van der Waals surface area (Å²) < 4.78 is 15.6. The van der Waals surface area contributed by atoms with Gasteiger partial charge in [0.1, 0.15) is 12.4 Å². The number of aryl methyl sites for hydroxylation is 1. The van der Waals surface area contributed by atoms with E-state index >= 15 is 0 Å². The van der Waals surface area contributed by atoms with Crippen molar-refractivity contribution in [2.45, 2.75) is 32.7 Å². The van der Waals surface area contributed by atoms with E-state index in [0.29, 0.717) is 6.42 Å². The molecule has 3 aromatic rings. The molecular weight excluding hydrogens is 331 g/mol. The van der Waals surface area contributed by atoms with E-state index in [1.807, 2.05) is 13.0 Å². The van der Waals surface area contributed by atoms with Gasteiger partial charge in [-0.15, -0.1) is 0 Å². The number of nitrogens with zero attached hydrogens (tertiary/aromatic N) is 2. The SMILES string of the molecule is Cc1c(Cc2ccc3c(n2)CCC=C3)c2cc(F)ccc2n1CC(=O)O. The second-order valence-corrected chi connectivity index (χ2v) is 6.66. The van der Waals surface area contributed by atoms with Crippen molar-refractivity contribution in [1.82, 2.24) is 9.55 Å². The third-order valence-corrected chi connectivity index (χ3v) is 4.98. The fourth-order valence-electron chi connectivity index (χ4n) is 3.71. The minimum absolute atomic E-state index is 0.142. The Morgan fingerprint density at radius 2 is 2.15 bits per heavy atom. The van der Waals surface area contributed by atoms with Crippen LogP contribution in [0.2, 0.25) is 0 Å². The Kier molecular flexibility index (Phi) is 4.07. The van der Waals surface area contributed by atoms with Gasteiger partial charge in [0.25, 0.3) is 0 Å². The Morgan fingerprint density at radius 1 is 1.31 bits per heavy atom. The van der Waals surface area contributed by atoms with Crippen LogP contribution in [0.1, 0.15) is 34.6 Å². The van der Waals surface area contributed by atoms with E-state index in [1.165, 1.54) is 12.1 Å². The number of fused-ring (bicyclic) bond motifs is 2. The van der Waals surface area contributed by atoms with Crippen LogP contribution >= 0.6 is 0 Å². The fourth-order valence-corrected chi connectivity index (χ4v) is 3.71. The molecule has 5 heteroatoms. The Morgan fingerprint density at radius 3 is 2.96 bits per heavy atom. The third-order valence-electron chi connectivity index (χ3n) is 4.98. The molecule has 1 aliphatic carbocycles. The summed E-state index contributed by atoms with van der Waals surface area (Å²) in [6.07, 6.45) is 6.71. The average Bonchev–Trinajstić information content (AvgIpc) is 2.86. The fraction of sp³-hybridized carbons (Fsp3) is 0.238. The molecule has 1 aromatic carbocycles. The topological polar surface area (TPSA) is 55.1 Å². The van der Waals surface area contributed by atoms with Gasteiger partial charge in [-0.05, 0) is 55.2 Å². The summed E-state index contributed by atoms with van der Waals surface area (Å²) in [5.41, 5.74) is 5.66. The monoisotopic (exact) mass is 350 g/mol. The van der Waals surface area contributed by atoms with Crippen molar-refractivity contribution in [1.29, 1.82) is 0 Å². The first-order valence-electron chi connectivity index (χ1n) is 8.67. The lowest BCUT2D eigenvalue weighted by molar-refractivity contribution is -0.137. The lowest BCUT2D eigenvalue weighted by Gasteiger charge is -2.11. The van der Waals surface area contributed by atoms with Gasteiger partial charge in [0.05, 0.1) is 0 Å². The van der Waals surface area contributed by atoms with Gasteiger partial charge in [0, 0.05) is 34.4 Å². The molecule has 0 unspecified atom stereocenters. The molecule has 0 saturated carbocycles. The summed E-state index contributed by atoms with van der Waals surface area (Å²) in [5, 5.41) is 9.98. The molecule has 4 rings (SSSR count). The van der Waals surface area contributed by atoms with E-state index < -0.39 is 5.97 Å². The van der Waals surface area contributed by atoms with Crippen LogP contribution in [0, 0.1) is 12.7 Å². The zero-order valence-corrected chi connectivity index (χ0v) is 14.5. The molecule has 0 aliphatic heterocycles. The van der Waals surface area contributed by atoms with E-state index in [4.69, 9.17) is 4.98 Å². The molecular formula is C21H19FN2O2. The minimum Gasteiger partial charge on any atom is -0.480 e. The summed E-state index contributed by atoms with van der Waals surface area (Å²) in [7, 11) is 0. The van der Waals surface area contributed by atoms with Crippen molar-refractivity contribution >= 4 is 22.9 Å². The molecule has 4 nitrogen and oxygen atoms in total. The van der Waals surface area contributed by atoms with Gasteiger partial charge in [-0.25, -0.2) is 4.39 Å². The van der Waals surface area contributed by atoms with Crippen LogP contribution in [-0.4, -0.2) is 20.6 Å². The number of aromatic nitrogens is 2. The van der Waals surface area contributed by atoms with Gasteiger partial charge in [-0.2, -0.15) is 0 Å². The van der Waals surface area contributed by atoms with Crippen LogP contribution in [0.4, 0.5) is 4.39 Å². The highest BCUT2D eigenvalue weighted by Crippen LogP contribution is 2.29. The van der Waals surface area contributed by atoms with E-state index in [0.717, 1.165) is 52.0 Å². The molecule has 0 saturated heterocycles. The van der Waals surface area contributed by atoms with Crippen LogP contribution < -0.4 is 0 Å². The molecule has 1 N–H and O–H groups in total. The molecule has 0 spiro atoms. The van der Waals surface area contributed by atoms with Crippen LogP contribution in [0.3, 0.4) is 0 Å². The highest BCUT2D eigenvalue weighted by Gasteiger charge is 2.18. The van der Waals surface area contributed by atoms with Gasteiger partial charge in [0.2, 0.25) is 0 Å². The van der Waals surface area contributed by atoms with Crippen molar-refractivity contribution in [3.05, 3.63) is 70.4 Å².